The van der Waals surface area contributed by atoms with Gasteiger partial charge >= 0.3 is 0 Å². The molecule has 0 saturated carbocycles. The van der Waals surface area contributed by atoms with Crippen LogP contribution in [0.4, 0.5) is 0 Å². The van der Waals surface area contributed by atoms with Crippen LogP contribution in [-0.4, -0.2) is 29.2 Å². The molecule has 0 aromatic heterocycles. The first-order valence-electron chi connectivity index (χ1n) is 8.98. The number of hydrogen-bond donors (Lipinski definition) is 1. The topological polar surface area (TPSA) is 12.0 Å². The minimum Gasteiger partial charge on any atom is -0.311 e. The molecule has 21 heavy (non-hydrogen) atoms. The van der Waals surface area contributed by atoms with Crippen LogP contribution in [0.5, 0.6) is 0 Å². The molecule has 0 aromatic carbocycles. The highest BCUT2D eigenvalue weighted by Gasteiger charge is 2.42. The number of rotatable bonds is 9. The summed E-state index contributed by atoms with van der Waals surface area (Å²) in [5.41, 5.74) is 4.36. The largest absolute Gasteiger partial charge is 0.311 e. The van der Waals surface area contributed by atoms with Crippen molar-refractivity contribution in [1.82, 2.24) is 5.32 Å². The van der Waals surface area contributed by atoms with Crippen molar-refractivity contribution in [3.8, 4) is 0 Å². The Balaban J connectivity index is 5.16. The maximum atomic E-state index is 3.67. The Morgan fingerprint density at radius 1 is 0.905 bits per heavy atom. The summed E-state index contributed by atoms with van der Waals surface area (Å²) in [6.45, 7) is 25.4. The summed E-state index contributed by atoms with van der Waals surface area (Å²) in [7, 11) is -1.28. The van der Waals surface area contributed by atoms with E-state index in [-0.39, 0.29) is 9.04 Å². The molecular weight excluding hydrogens is 286 g/mol. The number of hydrogen-bond acceptors (Lipinski definition) is 1. The first kappa shape index (κ1) is 21.1. The molecule has 0 heterocycles. The molecule has 0 bridgehead atoms. The van der Waals surface area contributed by atoms with Crippen LogP contribution in [-0.2, 0) is 0 Å². The summed E-state index contributed by atoms with van der Waals surface area (Å²) in [4.78, 5) is 0. The number of nitrogens with one attached hydrogen (secondary N) is 1. The van der Waals surface area contributed by atoms with E-state index in [1.54, 1.807) is 10.8 Å². The molecule has 1 N–H and O–H groups in total. The highest BCUT2D eigenvalue weighted by molar-refractivity contribution is 7.29. The molecule has 0 rings (SSSR count). The molecule has 1 nitrogen and oxygen atoms in total. The monoisotopic (exact) mass is 327 g/mol. The molecule has 3 heteroatoms. The standard InChI is InChI=1S/C18H41NSi2/c1-11-17(9)19-12-16(8)18(10)20-21(13(2)3,14(4)5)15(6)7/h13-15,17,19H,11-12,20H2,1-10H3. The second kappa shape index (κ2) is 9.31. The van der Waals surface area contributed by atoms with Crippen molar-refractivity contribution >= 4 is 16.6 Å². The highest BCUT2D eigenvalue weighted by Crippen LogP contribution is 2.41. The van der Waals surface area contributed by atoms with E-state index >= 15 is 0 Å². The van der Waals surface area contributed by atoms with Gasteiger partial charge in [0.25, 0.3) is 0 Å². The average Bonchev–Trinajstić information content (AvgIpc) is 2.39. The molecule has 0 saturated heterocycles. The van der Waals surface area contributed by atoms with Gasteiger partial charge in [0, 0.05) is 21.6 Å². The van der Waals surface area contributed by atoms with Crippen molar-refractivity contribution in [2.75, 3.05) is 6.54 Å². The molecular formula is C18H41NSi2. The lowest BCUT2D eigenvalue weighted by atomic mass is 10.2. The third-order valence-electron chi connectivity index (χ3n) is 5.85. The van der Waals surface area contributed by atoms with Gasteiger partial charge in [-0.15, -0.1) is 0 Å². The summed E-state index contributed by atoms with van der Waals surface area (Å²) in [6, 6.07) is 0.636. The van der Waals surface area contributed by atoms with E-state index in [2.05, 4.69) is 74.6 Å². The second-order valence-electron chi connectivity index (χ2n) is 8.00. The Morgan fingerprint density at radius 3 is 1.67 bits per heavy atom. The van der Waals surface area contributed by atoms with Gasteiger partial charge in [-0.25, -0.2) is 0 Å². The van der Waals surface area contributed by atoms with Gasteiger partial charge in [0.1, 0.15) is 0 Å². The van der Waals surface area contributed by atoms with Gasteiger partial charge < -0.3 is 5.32 Å². The van der Waals surface area contributed by atoms with Crippen LogP contribution in [0.25, 0.3) is 0 Å². The Labute approximate surface area is 138 Å². The van der Waals surface area contributed by atoms with Crippen LogP contribution in [0.2, 0.25) is 16.6 Å². The first-order valence-corrected chi connectivity index (χ1v) is 14.2. The predicted octanol–water partition coefficient (Wildman–Crippen LogP) is 5.01. The fourth-order valence-electron chi connectivity index (χ4n) is 3.85. The van der Waals surface area contributed by atoms with Crippen LogP contribution in [0, 0.1) is 0 Å². The maximum Gasteiger partial charge on any atom is 0.0527 e. The minimum absolute atomic E-state index is 0.120. The molecule has 1 atom stereocenters. The smallest absolute Gasteiger partial charge is 0.0527 e. The summed E-state index contributed by atoms with van der Waals surface area (Å²) < 4.78 is 0. The van der Waals surface area contributed by atoms with Crippen molar-refractivity contribution in [1.29, 1.82) is 0 Å². The molecule has 0 amide bonds. The molecule has 0 spiro atoms. The summed E-state index contributed by atoms with van der Waals surface area (Å²) >= 11 is 0. The second-order valence-corrected chi connectivity index (χ2v) is 19.8. The van der Waals surface area contributed by atoms with Crippen molar-refractivity contribution in [2.45, 2.75) is 98.3 Å². The van der Waals surface area contributed by atoms with Crippen LogP contribution < -0.4 is 5.32 Å². The quantitative estimate of drug-likeness (QED) is 0.587. The molecule has 0 aromatic rings. The van der Waals surface area contributed by atoms with Gasteiger partial charge in [0.2, 0.25) is 0 Å². The summed E-state index contributed by atoms with van der Waals surface area (Å²) in [5.74, 6) is 0. The Bertz CT molecular complexity index is 310. The summed E-state index contributed by atoms with van der Waals surface area (Å²) in [6.07, 6.45) is 1.21. The van der Waals surface area contributed by atoms with Gasteiger partial charge in [0.05, 0.1) is 7.59 Å². The van der Waals surface area contributed by atoms with E-state index in [1.807, 2.05) is 0 Å². The normalized spacial score (nSPS) is 16.4. The minimum atomic E-state index is -1.16. The van der Waals surface area contributed by atoms with E-state index in [1.165, 1.54) is 6.42 Å². The van der Waals surface area contributed by atoms with Crippen LogP contribution in [0.15, 0.2) is 10.8 Å². The van der Waals surface area contributed by atoms with E-state index < -0.39 is 7.59 Å². The van der Waals surface area contributed by atoms with Crippen LogP contribution >= 0.6 is 0 Å². The lowest BCUT2D eigenvalue weighted by Gasteiger charge is -2.44. The predicted molar refractivity (Wildman–Crippen MR) is 106 cm³/mol. The van der Waals surface area contributed by atoms with Crippen LogP contribution in [0.3, 0.4) is 0 Å². The Hall–Kier alpha value is 0.134. The third kappa shape index (κ3) is 5.68. The van der Waals surface area contributed by atoms with Crippen molar-refractivity contribution in [3.63, 3.8) is 0 Å². The molecule has 0 radical (unpaired) electrons. The van der Waals surface area contributed by atoms with Gasteiger partial charge in [-0.3, -0.25) is 0 Å². The lowest BCUT2D eigenvalue weighted by Crippen LogP contribution is -2.51. The zero-order chi connectivity index (χ0) is 16.8. The zero-order valence-corrected chi connectivity index (χ0v) is 18.8. The van der Waals surface area contributed by atoms with Gasteiger partial charge in [-0.2, -0.15) is 0 Å². The van der Waals surface area contributed by atoms with Gasteiger partial charge in [-0.1, -0.05) is 75.9 Å². The SMILES string of the molecule is CCC(C)NCC(C)=C(C)[SiH2][Si](C(C)C)(C(C)C)C(C)C. The van der Waals surface area contributed by atoms with Gasteiger partial charge in [-0.05, 0) is 27.2 Å². The lowest BCUT2D eigenvalue weighted by molar-refractivity contribution is 0.559. The zero-order valence-electron chi connectivity index (χ0n) is 16.4. The highest BCUT2D eigenvalue weighted by atomic mass is 29.2. The first-order chi connectivity index (χ1) is 9.59. The van der Waals surface area contributed by atoms with E-state index in [0.29, 0.717) is 6.04 Å². The van der Waals surface area contributed by atoms with E-state index in [9.17, 15) is 0 Å². The van der Waals surface area contributed by atoms with E-state index in [4.69, 9.17) is 0 Å². The third-order valence-corrected chi connectivity index (χ3v) is 24.8. The van der Waals surface area contributed by atoms with Crippen molar-refractivity contribution < 1.29 is 0 Å². The Morgan fingerprint density at radius 2 is 1.33 bits per heavy atom. The Kier molecular flexibility index (Phi) is 9.37. The van der Waals surface area contributed by atoms with Crippen LogP contribution in [0.1, 0.15) is 75.7 Å². The number of allylic oxidation sites excluding steroid dienone is 1. The van der Waals surface area contributed by atoms with Gasteiger partial charge in [0.15, 0.2) is 0 Å². The molecule has 1 unspecified atom stereocenters. The van der Waals surface area contributed by atoms with E-state index in [0.717, 1.165) is 23.2 Å². The molecule has 0 aliphatic heterocycles. The molecule has 0 fully saturated rings. The van der Waals surface area contributed by atoms with Crippen molar-refractivity contribution in [3.05, 3.63) is 10.8 Å². The molecule has 0 aliphatic rings. The molecule has 126 valence electrons. The maximum absolute atomic E-state index is 3.67. The van der Waals surface area contributed by atoms with Crippen molar-refractivity contribution in [2.24, 2.45) is 0 Å². The summed E-state index contributed by atoms with van der Waals surface area (Å²) in [5, 5.41) is 5.45. The fraction of sp³-hybridized carbons (Fsp3) is 0.889. The molecule has 0 aliphatic carbocycles. The average molecular weight is 328 g/mol. The fourth-order valence-corrected chi connectivity index (χ4v) is 17.8.